The van der Waals surface area contributed by atoms with Gasteiger partial charge in [0.15, 0.2) is 9.84 Å². The summed E-state index contributed by atoms with van der Waals surface area (Å²) in [6.45, 7) is 0. The lowest BCUT2D eigenvalue weighted by Gasteiger charge is -2.14. The van der Waals surface area contributed by atoms with Gasteiger partial charge in [-0.3, -0.25) is 18.7 Å². The van der Waals surface area contributed by atoms with Crippen LogP contribution in [0.15, 0.2) is 150 Å². The number of halogens is 3. The van der Waals surface area contributed by atoms with Crippen LogP contribution in [0.5, 0.6) is 11.5 Å². The van der Waals surface area contributed by atoms with Gasteiger partial charge in [0.25, 0.3) is 20.2 Å². The van der Waals surface area contributed by atoms with Crippen molar-refractivity contribution < 1.29 is 26.3 Å². The maximum atomic E-state index is 12.8. The van der Waals surface area contributed by atoms with Gasteiger partial charge in [0.1, 0.15) is 23.1 Å². The molecular weight excluding hydrogens is 982 g/mol. The van der Waals surface area contributed by atoms with E-state index in [1.165, 1.54) is 66.1 Å². The SMILES string of the molecule is COc1cc(Br)ccc1-n1c(=O)cnc2cc(S(=O)(=O)Cc3ncccn3)ccc21.COc1cc(Br)ccc1-n1c(=O)cnc2cc(S(=O)(=O)Cl)ccc21.Nc1ncccn1. The number of nitrogens with zero attached hydrogens (tertiary/aromatic N) is 8. The fourth-order valence-electron chi connectivity index (χ4n) is 5.68. The molecule has 0 aliphatic carbocycles. The molecule has 0 aliphatic rings. The third kappa shape index (κ3) is 10.6. The van der Waals surface area contributed by atoms with Crippen molar-refractivity contribution in [1.82, 2.24) is 39.0 Å². The second kappa shape index (κ2) is 19.1. The molecule has 4 aromatic heterocycles. The maximum Gasteiger partial charge on any atom is 0.274 e. The second-order valence-corrected chi connectivity index (χ2v) is 18.7. The standard InChI is InChI=1S/C20H15BrN4O4S.C15H10BrClN2O4S.C4H5N3/c1-29-18-9-13(21)3-5-17(18)25-16-6-4-14(10-15(16)24-11-20(25)26)30(27,28)12-19-22-7-2-8-23-19;1-23-14-6-9(16)2-4-13(14)19-12-5-3-10(24(17,21)22)7-11(12)18-8-15(19)20;5-4-6-2-1-3-7-4/h2-11H,12H2,1H3;2-8H,1H3;1-3H,(H2,5,6,7). The summed E-state index contributed by atoms with van der Waals surface area (Å²) in [5, 5.41) is 0. The quantitative estimate of drug-likeness (QED) is 0.170. The number of hydrogen-bond acceptors (Lipinski definition) is 15. The average molecular weight is 1010 g/mol. The van der Waals surface area contributed by atoms with Crippen molar-refractivity contribution in [2.45, 2.75) is 15.5 Å². The van der Waals surface area contributed by atoms with Crippen LogP contribution in [0.4, 0.5) is 5.95 Å². The van der Waals surface area contributed by atoms with E-state index < -0.39 is 18.9 Å². The van der Waals surface area contributed by atoms with Crippen LogP contribution < -0.4 is 26.3 Å². The molecule has 0 amide bonds. The van der Waals surface area contributed by atoms with Crippen molar-refractivity contribution in [3.05, 3.63) is 158 Å². The Morgan fingerprint density at radius 1 is 0.623 bits per heavy atom. The lowest BCUT2D eigenvalue weighted by Crippen LogP contribution is -2.19. The zero-order valence-corrected chi connectivity index (χ0v) is 37.2. The Labute approximate surface area is 368 Å². The summed E-state index contributed by atoms with van der Waals surface area (Å²) in [5.41, 5.74) is 7.00. The Balaban J connectivity index is 0.000000179. The summed E-state index contributed by atoms with van der Waals surface area (Å²) < 4.78 is 63.7. The van der Waals surface area contributed by atoms with Gasteiger partial charge >= 0.3 is 0 Å². The van der Waals surface area contributed by atoms with E-state index in [0.717, 1.165) is 21.3 Å². The minimum atomic E-state index is -3.89. The molecule has 0 bridgehead atoms. The second-order valence-electron chi connectivity index (χ2n) is 12.3. The van der Waals surface area contributed by atoms with E-state index in [1.54, 1.807) is 67.0 Å². The smallest absolute Gasteiger partial charge is 0.274 e. The molecule has 312 valence electrons. The number of rotatable bonds is 8. The van der Waals surface area contributed by atoms with Gasteiger partial charge in [0.2, 0.25) is 5.95 Å². The number of hydrogen-bond donors (Lipinski definition) is 1. The predicted octanol–water partition coefficient (Wildman–Crippen LogP) is 6.06. The first-order valence-corrected chi connectivity index (χ1v) is 22.8. The highest BCUT2D eigenvalue weighted by atomic mass is 79.9. The van der Waals surface area contributed by atoms with E-state index in [4.69, 9.17) is 25.9 Å². The van der Waals surface area contributed by atoms with Crippen LogP contribution in [-0.2, 0) is 24.6 Å². The Hall–Kier alpha value is -6.13. The Morgan fingerprint density at radius 2 is 1.07 bits per heavy atom. The van der Waals surface area contributed by atoms with Crippen molar-refractivity contribution in [2.75, 3.05) is 20.0 Å². The van der Waals surface area contributed by atoms with Crippen LogP contribution in [-0.4, -0.2) is 70.1 Å². The van der Waals surface area contributed by atoms with Crippen LogP contribution in [0.1, 0.15) is 5.82 Å². The third-order valence-electron chi connectivity index (χ3n) is 8.37. The van der Waals surface area contributed by atoms with E-state index in [9.17, 15) is 26.4 Å². The summed E-state index contributed by atoms with van der Waals surface area (Å²) in [6, 6.07) is 22.4. The van der Waals surface area contributed by atoms with Gasteiger partial charge in [-0.2, -0.15) is 0 Å². The number of nitrogen functional groups attached to an aromatic ring is 1. The normalized spacial score (nSPS) is 11.2. The van der Waals surface area contributed by atoms with Crippen LogP contribution in [0.25, 0.3) is 33.4 Å². The molecule has 0 atom stereocenters. The molecule has 2 N–H and O–H groups in total. The molecule has 4 heterocycles. The lowest BCUT2D eigenvalue weighted by atomic mass is 10.2. The number of ether oxygens (including phenoxy) is 2. The highest BCUT2D eigenvalue weighted by molar-refractivity contribution is 9.10. The van der Waals surface area contributed by atoms with E-state index in [1.807, 2.05) is 0 Å². The van der Waals surface area contributed by atoms with E-state index in [-0.39, 0.29) is 32.5 Å². The average Bonchev–Trinajstić information content (AvgIpc) is 3.24. The van der Waals surface area contributed by atoms with Gasteiger partial charge in [0, 0.05) is 44.4 Å². The third-order valence-corrected chi connectivity index (χ3v) is 12.3. The fourth-order valence-corrected chi connectivity index (χ4v) is 8.35. The number of fused-ring (bicyclic) bond motifs is 2. The van der Waals surface area contributed by atoms with Crippen LogP contribution in [0.3, 0.4) is 0 Å². The van der Waals surface area contributed by atoms with Crippen molar-refractivity contribution in [3.8, 4) is 22.9 Å². The first-order valence-electron chi connectivity index (χ1n) is 17.3. The van der Waals surface area contributed by atoms with Gasteiger partial charge < -0.3 is 15.2 Å². The molecule has 22 heteroatoms. The zero-order valence-electron chi connectivity index (χ0n) is 31.6. The number of sulfone groups is 1. The minimum Gasteiger partial charge on any atom is -0.495 e. The summed E-state index contributed by atoms with van der Waals surface area (Å²) in [7, 11) is 0.790. The number of nitrogens with two attached hydrogens (primary N) is 1. The molecule has 0 radical (unpaired) electrons. The molecule has 8 rings (SSSR count). The first-order chi connectivity index (χ1) is 29.1. The molecule has 0 unspecified atom stereocenters. The monoisotopic (exact) mass is 1010 g/mol. The molecular formula is C39H30Br2ClN9O8S2. The van der Waals surface area contributed by atoms with Crippen LogP contribution in [0.2, 0.25) is 0 Å². The van der Waals surface area contributed by atoms with Crippen molar-refractivity contribution in [1.29, 1.82) is 0 Å². The molecule has 61 heavy (non-hydrogen) atoms. The lowest BCUT2D eigenvalue weighted by molar-refractivity contribution is 0.412. The number of anilines is 1. The molecule has 0 aliphatic heterocycles. The van der Waals surface area contributed by atoms with Crippen molar-refractivity contribution >= 4 is 89.4 Å². The van der Waals surface area contributed by atoms with Gasteiger partial charge in [-0.15, -0.1) is 0 Å². The van der Waals surface area contributed by atoms with Gasteiger partial charge in [-0.1, -0.05) is 31.9 Å². The molecule has 0 saturated carbocycles. The van der Waals surface area contributed by atoms with Gasteiger partial charge in [-0.05, 0) is 84.9 Å². The summed E-state index contributed by atoms with van der Waals surface area (Å²) in [6.07, 6.45) is 8.45. The zero-order chi connectivity index (χ0) is 43.9. The molecule has 8 aromatic rings. The molecule has 17 nitrogen and oxygen atoms in total. The topological polar surface area (TPSA) is 234 Å². The van der Waals surface area contributed by atoms with Crippen molar-refractivity contribution in [3.63, 3.8) is 0 Å². The van der Waals surface area contributed by atoms with Crippen LogP contribution in [0, 0.1) is 0 Å². The largest absolute Gasteiger partial charge is 0.495 e. The Bertz CT molecular complexity index is 3240. The molecule has 0 saturated heterocycles. The van der Waals surface area contributed by atoms with E-state index in [0.29, 0.717) is 50.9 Å². The Morgan fingerprint density at radius 3 is 1.49 bits per heavy atom. The van der Waals surface area contributed by atoms with Crippen LogP contribution >= 0.6 is 42.5 Å². The number of methoxy groups -OCH3 is 2. The molecule has 4 aromatic carbocycles. The van der Waals surface area contributed by atoms with E-state index in [2.05, 4.69) is 61.8 Å². The summed E-state index contributed by atoms with van der Waals surface area (Å²) in [4.78, 5) is 48.3. The molecule has 0 spiro atoms. The highest BCUT2D eigenvalue weighted by Gasteiger charge is 2.20. The highest BCUT2D eigenvalue weighted by Crippen LogP contribution is 2.30. The predicted molar refractivity (Wildman–Crippen MR) is 236 cm³/mol. The summed E-state index contributed by atoms with van der Waals surface area (Å²) >= 11 is 6.73. The number of benzene rings is 4. The minimum absolute atomic E-state index is 0.0722. The first kappa shape index (κ1) is 44.4. The van der Waals surface area contributed by atoms with Gasteiger partial charge in [0.05, 0.1) is 69.8 Å². The number of aromatic nitrogens is 8. The summed E-state index contributed by atoms with van der Waals surface area (Å²) in [5.74, 6) is 1.15. The van der Waals surface area contributed by atoms with Crippen molar-refractivity contribution in [2.24, 2.45) is 0 Å². The molecule has 0 fully saturated rings. The Kier molecular flexibility index (Phi) is 13.9. The van der Waals surface area contributed by atoms with E-state index >= 15 is 0 Å². The van der Waals surface area contributed by atoms with Gasteiger partial charge in [-0.25, -0.2) is 46.7 Å². The fraction of sp³-hybridized carbons (Fsp3) is 0.0769. The maximum absolute atomic E-state index is 12.8.